The van der Waals surface area contributed by atoms with Crippen molar-refractivity contribution in [1.82, 2.24) is 9.78 Å². The monoisotopic (exact) mass is 337 g/mol. The first-order chi connectivity index (χ1) is 11.7. The van der Waals surface area contributed by atoms with Crippen molar-refractivity contribution in [1.29, 1.82) is 0 Å². The largest absolute Gasteiger partial charge is 0.323 e. The van der Waals surface area contributed by atoms with Gasteiger partial charge in [0.2, 0.25) is 5.91 Å². The van der Waals surface area contributed by atoms with Crippen molar-refractivity contribution in [3.63, 3.8) is 0 Å². The summed E-state index contributed by atoms with van der Waals surface area (Å²) in [6.07, 6.45) is 4.37. The zero-order valence-corrected chi connectivity index (χ0v) is 13.6. The van der Waals surface area contributed by atoms with Gasteiger partial charge in [-0.25, -0.2) is 4.68 Å². The molecule has 120 valence electrons. The molecule has 1 aromatic heterocycles. The van der Waals surface area contributed by atoms with Crippen molar-refractivity contribution in [2.24, 2.45) is 5.92 Å². The van der Waals surface area contributed by atoms with Gasteiger partial charge in [0.25, 0.3) is 0 Å². The Kier molecular flexibility index (Phi) is 3.82. The summed E-state index contributed by atoms with van der Waals surface area (Å²) in [5.74, 6) is 0.347. The number of para-hydroxylation sites is 1. The van der Waals surface area contributed by atoms with Gasteiger partial charge in [0.15, 0.2) is 0 Å². The van der Waals surface area contributed by atoms with Crippen molar-refractivity contribution in [2.45, 2.75) is 12.3 Å². The molecule has 5 heteroatoms. The van der Waals surface area contributed by atoms with Crippen LogP contribution in [0.15, 0.2) is 67.0 Å². The molecular weight excluding hydrogens is 322 g/mol. The SMILES string of the molecule is O=C(Nc1cnn(-c2ccccc2)c1)C1CC1c1ccc(Cl)cc1. The molecule has 4 nitrogen and oxygen atoms in total. The second kappa shape index (κ2) is 6.13. The molecule has 1 N–H and O–H groups in total. The first-order valence-electron chi connectivity index (χ1n) is 7.87. The van der Waals surface area contributed by atoms with Gasteiger partial charge in [-0.15, -0.1) is 0 Å². The Balaban J connectivity index is 1.41. The average Bonchev–Trinajstić information content (AvgIpc) is 3.28. The van der Waals surface area contributed by atoms with Crippen molar-refractivity contribution in [3.8, 4) is 5.69 Å². The lowest BCUT2D eigenvalue weighted by atomic mass is 10.1. The van der Waals surface area contributed by atoms with Crippen molar-refractivity contribution in [2.75, 3.05) is 5.32 Å². The number of benzene rings is 2. The van der Waals surface area contributed by atoms with Crippen LogP contribution in [0.25, 0.3) is 5.69 Å². The van der Waals surface area contributed by atoms with E-state index in [0.717, 1.165) is 12.1 Å². The highest BCUT2D eigenvalue weighted by Gasteiger charge is 2.43. The molecule has 2 unspecified atom stereocenters. The molecule has 1 fully saturated rings. The number of aromatic nitrogens is 2. The van der Waals surface area contributed by atoms with Gasteiger partial charge in [0, 0.05) is 10.9 Å². The van der Waals surface area contributed by atoms with Crippen LogP contribution < -0.4 is 5.32 Å². The fourth-order valence-electron chi connectivity index (χ4n) is 2.91. The molecule has 1 heterocycles. The van der Waals surface area contributed by atoms with Crippen LogP contribution in [0.2, 0.25) is 5.02 Å². The molecule has 0 radical (unpaired) electrons. The quantitative estimate of drug-likeness (QED) is 0.773. The summed E-state index contributed by atoms with van der Waals surface area (Å²) in [6, 6.07) is 17.5. The standard InChI is InChI=1S/C19H16ClN3O/c20-14-8-6-13(7-9-14)17-10-18(17)19(24)22-15-11-21-23(12-15)16-4-2-1-3-5-16/h1-9,11-12,17-18H,10H2,(H,22,24). The molecule has 24 heavy (non-hydrogen) atoms. The summed E-state index contributed by atoms with van der Waals surface area (Å²) >= 11 is 5.91. The molecule has 0 aliphatic heterocycles. The minimum absolute atomic E-state index is 0.0197. The minimum atomic E-state index is 0.0197. The normalized spacial score (nSPS) is 19.0. The number of carbonyl (C=O) groups excluding carboxylic acids is 1. The number of amides is 1. The second-order valence-electron chi connectivity index (χ2n) is 6.00. The van der Waals surface area contributed by atoms with E-state index < -0.39 is 0 Å². The number of carbonyl (C=O) groups is 1. The lowest BCUT2D eigenvalue weighted by Crippen LogP contribution is -2.14. The average molecular weight is 338 g/mol. The van der Waals surface area contributed by atoms with E-state index >= 15 is 0 Å². The number of nitrogens with one attached hydrogen (secondary N) is 1. The van der Waals surface area contributed by atoms with Crippen molar-refractivity contribution in [3.05, 3.63) is 77.6 Å². The first-order valence-corrected chi connectivity index (χ1v) is 8.25. The molecule has 2 aromatic carbocycles. The Morgan fingerprint density at radius 1 is 1.12 bits per heavy atom. The molecule has 0 saturated heterocycles. The third kappa shape index (κ3) is 3.05. The van der Waals surface area contributed by atoms with Crippen LogP contribution in [0.1, 0.15) is 17.9 Å². The van der Waals surface area contributed by atoms with Gasteiger partial charge in [0.05, 0.1) is 23.8 Å². The Morgan fingerprint density at radius 3 is 2.62 bits per heavy atom. The highest BCUT2D eigenvalue weighted by Crippen LogP contribution is 2.48. The van der Waals surface area contributed by atoms with E-state index in [-0.39, 0.29) is 17.7 Å². The number of nitrogens with zero attached hydrogens (tertiary/aromatic N) is 2. The maximum Gasteiger partial charge on any atom is 0.228 e. The first kappa shape index (κ1) is 15.0. The predicted molar refractivity (Wildman–Crippen MR) is 94.5 cm³/mol. The number of hydrogen-bond donors (Lipinski definition) is 1. The fraction of sp³-hybridized carbons (Fsp3) is 0.158. The van der Waals surface area contributed by atoms with Crippen LogP contribution in [0, 0.1) is 5.92 Å². The third-order valence-electron chi connectivity index (χ3n) is 4.30. The molecular formula is C19H16ClN3O. The van der Waals surface area contributed by atoms with Crippen LogP contribution >= 0.6 is 11.6 Å². The molecule has 1 aliphatic carbocycles. The number of rotatable bonds is 4. The van der Waals surface area contributed by atoms with Crippen LogP contribution in [-0.4, -0.2) is 15.7 Å². The summed E-state index contributed by atoms with van der Waals surface area (Å²) in [5.41, 5.74) is 2.84. The molecule has 0 bridgehead atoms. The van der Waals surface area contributed by atoms with Gasteiger partial charge in [0.1, 0.15) is 0 Å². The molecule has 1 saturated carbocycles. The topological polar surface area (TPSA) is 46.9 Å². The Labute approximate surface area is 145 Å². The van der Waals surface area contributed by atoms with Gasteiger partial charge in [-0.3, -0.25) is 4.79 Å². The molecule has 1 amide bonds. The van der Waals surface area contributed by atoms with Gasteiger partial charge in [-0.1, -0.05) is 41.9 Å². The maximum absolute atomic E-state index is 12.4. The lowest BCUT2D eigenvalue weighted by molar-refractivity contribution is -0.117. The van der Waals surface area contributed by atoms with E-state index in [1.165, 1.54) is 5.56 Å². The van der Waals surface area contributed by atoms with Crippen LogP contribution in [0.5, 0.6) is 0 Å². The molecule has 4 rings (SSSR count). The van der Waals surface area contributed by atoms with E-state index in [1.54, 1.807) is 10.9 Å². The van der Waals surface area contributed by atoms with E-state index in [9.17, 15) is 4.79 Å². The van der Waals surface area contributed by atoms with Crippen molar-refractivity contribution >= 4 is 23.2 Å². The second-order valence-corrected chi connectivity index (χ2v) is 6.44. The van der Waals surface area contributed by atoms with E-state index in [2.05, 4.69) is 10.4 Å². The van der Waals surface area contributed by atoms with Crippen LogP contribution in [0.4, 0.5) is 5.69 Å². The predicted octanol–water partition coefficient (Wildman–Crippen LogP) is 4.27. The fourth-order valence-corrected chi connectivity index (χ4v) is 3.03. The summed E-state index contributed by atoms with van der Waals surface area (Å²) in [7, 11) is 0. The Morgan fingerprint density at radius 2 is 1.88 bits per heavy atom. The lowest BCUT2D eigenvalue weighted by Gasteiger charge is -2.03. The molecule has 0 spiro atoms. The Hall–Kier alpha value is -2.59. The van der Waals surface area contributed by atoms with Gasteiger partial charge < -0.3 is 5.32 Å². The highest BCUT2D eigenvalue weighted by molar-refractivity contribution is 6.30. The molecule has 2 atom stereocenters. The number of anilines is 1. The molecule has 1 aliphatic rings. The van der Waals surface area contributed by atoms with Crippen LogP contribution in [0.3, 0.4) is 0 Å². The molecule has 3 aromatic rings. The summed E-state index contributed by atoms with van der Waals surface area (Å²) in [4.78, 5) is 12.4. The highest BCUT2D eigenvalue weighted by atomic mass is 35.5. The maximum atomic E-state index is 12.4. The van der Waals surface area contributed by atoms with Gasteiger partial charge in [-0.05, 0) is 42.2 Å². The van der Waals surface area contributed by atoms with E-state index in [1.807, 2.05) is 60.8 Å². The minimum Gasteiger partial charge on any atom is -0.323 e. The van der Waals surface area contributed by atoms with Crippen LogP contribution in [-0.2, 0) is 4.79 Å². The van der Waals surface area contributed by atoms with Gasteiger partial charge >= 0.3 is 0 Å². The van der Waals surface area contributed by atoms with E-state index in [0.29, 0.717) is 10.7 Å². The van der Waals surface area contributed by atoms with Crippen molar-refractivity contribution < 1.29 is 4.79 Å². The summed E-state index contributed by atoms with van der Waals surface area (Å²) < 4.78 is 1.75. The number of halogens is 1. The number of hydrogen-bond acceptors (Lipinski definition) is 2. The smallest absolute Gasteiger partial charge is 0.228 e. The summed E-state index contributed by atoms with van der Waals surface area (Å²) in [5, 5.41) is 7.97. The summed E-state index contributed by atoms with van der Waals surface area (Å²) in [6.45, 7) is 0. The van der Waals surface area contributed by atoms with E-state index in [4.69, 9.17) is 11.6 Å². The third-order valence-corrected chi connectivity index (χ3v) is 4.55. The van der Waals surface area contributed by atoms with Gasteiger partial charge in [-0.2, -0.15) is 5.10 Å². The zero-order valence-electron chi connectivity index (χ0n) is 12.9. The Bertz CT molecular complexity index is 858. The zero-order chi connectivity index (χ0) is 16.5.